The van der Waals surface area contributed by atoms with E-state index in [-0.39, 0.29) is 6.04 Å². The molecule has 0 bridgehead atoms. The number of likely N-dealkylation sites (N-methyl/N-ethyl adjacent to an activating group) is 1. The van der Waals surface area contributed by atoms with Gasteiger partial charge in [0, 0.05) is 43.4 Å². The first-order chi connectivity index (χ1) is 13.9. The summed E-state index contributed by atoms with van der Waals surface area (Å²) in [4.78, 5) is 29.3. The van der Waals surface area contributed by atoms with E-state index in [9.17, 15) is 9.59 Å². The topological polar surface area (TPSA) is 64.7 Å². The van der Waals surface area contributed by atoms with Gasteiger partial charge in [0.1, 0.15) is 0 Å². The molecule has 1 aliphatic rings. The molecule has 0 unspecified atom stereocenters. The molecular formula is C22H27ClN4O2. The second kappa shape index (κ2) is 9.87. The first kappa shape index (κ1) is 21.3. The SMILES string of the molecule is Cc1ccc([C@H](CNC(=O)C(=O)Nc2ccc(Cl)cc2)N2CCN(C)CC2)cc1. The zero-order chi connectivity index (χ0) is 20.8. The van der Waals surface area contributed by atoms with Gasteiger partial charge in [-0.1, -0.05) is 41.4 Å². The van der Waals surface area contributed by atoms with Gasteiger partial charge in [0.05, 0.1) is 6.04 Å². The van der Waals surface area contributed by atoms with Crippen molar-refractivity contribution >= 4 is 29.1 Å². The number of anilines is 1. The summed E-state index contributed by atoms with van der Waals surface area (Å²) in [5.74, 6) is -1.33. The van der Waals surface area contributed by atoms with Crippen LogP contribution in [0.1, 0.15) is 17.2 Å². The zero-order valence-corrected chi connectivity index (χ0v) is 17.6. The lowest BCUT2D eigenvalue weighted by molar-refractivity contribution is -0.136. The Labute approximate surface area is 176 Å². The predicted octanol–water partition coefficient (Wildman–Crippen LogP) is 2.69. The van der Waals surface area contributed by atoms with E-state index in [1.54, 1.807) is 24.3 Å². The van der Waals surface area contributed by atoms with E-state index in [4.69, 9.17) is 11.6 Å². The number of halogens is 1. The zero-order valence-electron chi connectivity index (χ0n) is 16.8. The molecule has 0 saturated carbocycles. The molecule has 1 saturated heterocycles. The number of rotatable bonds is 5. The Hall–Kier alpha value is -2.41. The number of carbonyl (C=O) groups excluding carboxylic acids is 2. The highest BCUT2D eigenvalue weighted by Gasteiger charge is 2.25. The van der Waals surface area contributed by atoms with Crippen LogP contribution in [-0.4, -0.2) is 61.4 Å². The minimum atomic E-state index is -0.687. The van der Waals surface area contributed by atoms with E-state index < -0.39 is 11.8 Å². The quantitative estimate of drug-likeness (QED) is 0.738. The molecule has 0 aromatic heterocycles. The summed E-state index contributed by atoms with van der Waals surface area (Å²) in [6, 6.07) is 15.0. The smallest absolute Gasteiger partial charge is 0.313 e. The van der Waals surface area contributed by atoms with Gasteiger partial charge in [0.2, 0.25) is 0 Å². The third-order valence-electron chi connectivity index (χ3n) is 5.21. The number of amides is 2. The molecule has 0 aliphatic carbocycles. The highest BCUT2D eigenvalue weighted by atomic mass is 35.5. The molecule has 29 heavy (non-hydrogen) atoms. The fourth-order valence-electron chi connectivity index (χ4n) is 3.37. The van der Waals surface area contributed by atoms with E-state index in [0.717, 1.165) is 31.7 Å². The molecule has 6 nitrogen and oxygen atoms in total. The Kier molecular flexibility index (Phi) is 7.25. The van der Waals surface area contributed by atoms with Crippen LogP contribution in [0.25, 0.3) is 0 Å². The normalized spacial score (nSPS) is 16.2. The maximum Gasteiger partial charge on any atom is 0.313 e. The molecule has 7 heteroatoms. The second-order valence-corrected chi connectivity index (χ2v) is 7.87. The van der Waals surface area contributed by atoms with Crippen molar-refractivity contribution in [2.45, 2.75) is 13.0 Å². The highest BCUT2D eigenvalue weighted by Crippen LogP contribution is 2.22. The lowest BCUT2D eigenvalue weighted by Gasteiger charge is -2.38. The van der Waals surface area contributed by atoms with Crippen molar-refractivity contribution < 1.29 is 9.59 Å². The molecule has 1 aliphatic heterocycles. The molecule has 1 atom stereocenters. The van der Waals surface area contributed by atoms with Crippen LogP contribution in [0.4, 0.5) is 5.69 Å². The van der Waals surface area contributed by atoms with Gasteiger partial charge in [-0.2, -0.15) is 0 Å². The van der Waals surface area contributed by atoms with Gasteiger partial charge in [-0.05, 0) is 43.8 Å². The Morgan fingerprint density at radius 1 is 0.966 bits per heavy atom. The van der Waals surface area contributed by atoms with Crippen molar-refractivity contribution in [1.29, 1.82) is 0 Å². The summed E-state index contributed by atoms with van der Waals surface area (Å²) in [5.41, 5.74) is 2.86. The van der Waals surface area contributed by atoms with Gasteiger partial charge in [-0.25, -0.2) is 0 Å². The van der Waals surface area contributed by atoms with Crippen molar-refractivity contribution in [2.24, 2.45) is 0 Å². The van der Waals surface area contributed by atoms with E-state index in [0.29, 0.717) is 17.3 Å². The van der Waals surface area contributed by atoms with Crippen LogP contribution in [0, 0.1) is 6.92 Å². The standard InChI is InChI=1S/C22H27ClN4O2/c1-16-3-5-17(6-4-16)20(27-13-11-26(2)12-14-27)15-24-21(28)22(29)25-19-9-7-18(23)8-10-19/h3-10,20H,11-15H2,1-2H3,(H,24,28)(H,25,29)/t20-/m0/s1. The lowest BCUT2D eigenvalue weighted by Crippen LogP contribution is -2.49. The van der Waals surface area contributed by atoms with Crippen LogP contribution >= 0.6 is 11.6 Å². The molecule has 1 fully saturated rings. The van der Waals surface area contributed by atoms with Crippen LogP contribution < -0.4 is 10.6 Å². The minimum Gasteiger partial charge on any atom is -0.346 e. The number of piperazine rings is 1. The number of aryl methyl sites for hydroxylation is 1. The van der Waals surface area contributed by atoms with E-state index in [1.807, 2.05) is 0 Å². The van der Waals surface area contributed by atoms with Crippen LogP contribution in [-0.2, 0) is 9.59 Å². The van der Waals surface area contributed by atoms with E-state index in [1.165, 1.54) is 5.56 Å². The van der Waals surface area contributed by atoms with Crippen molar-refractivity contribution in [2.75, 3.05) is 45.1 Å². The van der Waals surface area contributed by atoms with Crippen LogP contribution in [0.15, 0.2) is 48.5 Å². The maximum absolute atomic E-state index is 12.4. The van der Waals surface area contributed by atoms with Gasteiger partial charge >= 0.3 is 11.8 Å². The van der Waals surface area contributed by atoms with Crippen LogP contribution in [0.2, 0.25) is 5.02 Å². The Balaban J connectivity index is 1.63. The molecule has 2 N–H and O–H groups in total. The fourth-order valence-corrected chi connectivity index (χ4v) is 3.50. The summed E-state index contributed by atoms with van der Waals surface area (Å²) in [6.07, 6.45) is 0. The second-order valence-electron chi connectivity index (χ2n) is 7.44. The summed E-state index contributed by atoms with van der Waals surface area (Å²) in [6.45, 7) is 6.22. The fraction of sp³-hybridized carbons (Fsp3) is 0.364. The number of carbonyl (C=O) groups is 2. The molecule has 3 rings (SSSR count). The molecule has 0 spiro atoms. The Morgan fingerprint density at radius 3 is 2.21 bits per heavy atom. The van der Waals surface area contributed by atoms with Gasteiger partial charge < -0.3 is 15.5 Å². The Bertz CT molecular complexity index is 831. The number of nitrogens with zero attached hydrogens (tertiary/aromatic N) is 2. The molecule has 2 aromatic carbocycles. The number of hydrogen-bond donors (Lipinski definition) is 2. The summed E-state index contributed by atoms with van der Waals surface area (Å²) < 4.78 is 0. The minimum absolute atomic E-state index is 0.0246. The summed E-state index contributed by atoms with van der Waals surface area (Å²) in [5, 5.41) is 5.97. The van der Waals surface area contributed by atoms with Gasteiger partial charge in [-0.15, -0.1) is 0 Å². The predicted molar refractivity (Wildman–Crippen MR) is 116 cm³/mol. The van der Waals surface area contributed by atoms with Gasteiger partial charge in [0.25, 0.3) is 0 Å². The van der Waals surface area contributed by atoms with Crippen molar-refractivity contribution in [3.63, 3.8) is 0 Å². The molecule has 154 valence electrons. The monoisotopic (exact) mass is 414 g/mol. The lowest BCUT2D eigenvalue weighted by atomic mass is 10.0. The number of hydrogen-bond acceptors (Lipinski definition) is 4. The molecule has 2 aromatic rings. The molecule has 0 radical (unpaired) electrons. The average molecular weight is 415 g/mol. The number of nitrogens with one attached hydrogen (secondary N) is 2. The first-order valence-electron chi connectivity index (χ1n) is 9.76. The number of benzene rings is 2. The maximum atomic E-state index is 12.4. The Morgan fingerprint density at radius 2 is 1.59 bits per heavy atom. The largest absolute Gasteiger partial charge is 0.346 e. The third kappa shape index (κ3) is 6.03. The van der Waals surface area contributed by atoms with Crippen LogP contribution in [0.5, 0.6) is 0 Å². The van der Waals surface area contributed by atoms with Gasteiger partial charge in [-0.3, -0.25) is 14.5 Å². The van der Waals surface area contributed by atoms with E-state index >= 15 is 0 Å². The molecule has 1 heterocycles. The average Bonchev–Trinajstić information content (AvgIpc) is 2.72. The van der Waals surface area contributed by atoms with Crippen LogP contribution in [0.3, 0.4) is 0 Å². The van der Waals surface area contributed by atoms with Gasteiger partial charge in [0.15, 0.2) is 0 Å². The first-order valence-corrected chi connectivity index (χ1v) is 10.1. The summed E-state index contributed by atoms with van der Waals surface area (Å²) >= 11 is 5.85. The highest BCUT2D eigenvalue weighted by molar-refractivity contribution is 6.39. The van der Waals surface area contributed by atoms with Crippen molar-refractivity contribution in [3.05, 3.63) is 64.7 Å². The van der Waals surface area contributed by atoms with E-state index in [2.05, 4.69) is 58.7 Å². The summed E-state index contributed by atoms with van der Waals surface area (Å²) in [7, 11) is 2.11. The molecule has 2 amide bonds. The third-order valence-corrected chi connectivity index (χ3v) is 5.46. The molecular weight excluding hydrogens is 388 g/mol. The van der Waals surface area contributed by atoms with Crippen molar-refractivity contribution in [1.82, 2.24) is 15.1 Å². The van der Waals surface area contributed by atoms with Crippen molar-refractivity contribution in [3.8, 4) is 0 Å².